The molecular weight excluding hydrogens is 474 g/mol. The highest BCUT2D eigenvalue weighted by Gasteiger charge is 2.30. The van der Waals surface area contributed by atoms with Crippen molar-refractivity contribution >= 4 is 44.9 Å². The van der Waals surface area contributed by atoms with Crippen molar-refractivity contribution in [3.63, 3.8) is 0 Å². The molecular formula is C23H25N5O4S2. The van der Waals surface area contributed by atoms with Gasteiger partial charge in [0, 0.05) is 17.5 Å². The van der Waals surface area contributed by atoms with Crippen LogP contribution in [0.15, 0.2) is 32.2 Å². The number of carbonyl (C=O) groups excluding carboxylic acids is 1. The van der Waals surface area contributed by atoms with Crippen LogP contribution >= 0.6 is 23.1 Å². The fourth-order valence-electron chi connectivity index (χ4n) is 4.53. The summed E-state index contributed by atoms with van der Waals surface area (Å²) in [7, 11) is 0. The van der Waals surface area contributed by atoms with Crippen LogP contribution in [0, 0.1) is 0 Å². The topological polar surface area (TPSA) is 133 Å². The number of Topliss-reactive ketones (excluding diaryl/α,β-unsaturated/α-hetero) is 1. The molecule has 2 aliphatic rings. The van der Waals surface area contributed by atoms with Gasteiger partial charge in [0.05, 0.1) is 11.1 Å². The summed E-state index contributed by atoms with van der Waals surface area (Å²) in [5.41, 5.74) is 5.45. The van der Waals surface area contributed by atoms with E-state index in [-0.39, 0.29) is 35.3 Å². The van der Waals surface area contributed by atoms with Gasteiger partial charge in [-0.2, -0.15) is 0 Å². The molecule has 0 amide bonds. The molecule has 0 atom stereocenters. The van der Waals surface area contributed by atoms with Crippen LogP contribution in [0.3, 0.4) is 0 Å². The number of anilines is 1. The van der Waals surface area contributed by atoms with Gasteiger partial charge in [0.2, 0.25) is 0 Å². The molecule has 1 fully saturated rings. The van der Waals surface area contributed by atoms with E-state index in [0.717, 1.165) is 62.3 Å². The van der Waals surface area contributed by atoms with Crippen molar-refractivity contribution in [3.8, 4) is 0 Å². The Morgan fingerprint density at radius 2 is 2.00 bits per heavy atom. The van der Waals surface area contributed by atoms with Gasteiger partial charge in [-0.25, -0.2) is 9.78 Å². The van der Waals surface area contributed by atoms with Gasteiger partial charge in [-0.05, 0) is 44.1 Å². The van der Waals surface area contributed by atoms with E-state index in [4.69, 9.17) is 10.7 Å². The minimum atomic E-state index is -0.793. The summed E-state index contributed by atoms with van der Waals surface area (Å²) in [5, 5.41) is 1.07. The van der Waals surface area contributed by atoms with E-state index in [2.05, 4.69) is 11.6 Å². The molecule has 3 aromatic heterocycles. The number of aromatic nitrogens is 4. The molecule has 0 radical (unpaired) electrons. The highest BCUT2D eigenvalue weighted by atomic mass is 32.2. The lowest BCUT2D eigenvalue weighted by atomic mass is 10.1. The van der Waals surface area contributed by atoms with E-state index in [1.807, 2.05) is 0 Å². The highest BCUT2D eigenvalue weighted by molar-refractivity contribution is 7.99. The van der Waals surface area contributed by atoms with Gasteiger partial charge in [-0.1, -0.05) is 24.3 Å². The highest BCUT2D eigenvalue weighted by Crippen LogP contribution is 2.36. The summed E-state index contributed by atoms with van der Waals surface area (Å²) in [4.78, 5) is 59.8. The fourth-order valence-corrected chi connectivity index (χ4v) is 6.71. The fraction of sp³-hybridized carbons (Fsp3) is 0.435. The Labute approximate surface area is 202 Å². The standard InChI is InChI=1S/C23H25N5O4S2/c1-2-10-27-21(31)16-13-6-4-3-5-7-15(13)34-20(16)26-23(27)33-11-14(29)17-18(24)28(12-8-9-12)22(32)25-19(17)30/h2,12H,1,3-11,24H2,(H,25,30,32). The molecule has 5 rings (SSSR count). The molecule has 34 heavy (non-hydrogen) atoms. The van der Waals surface area contributed by atoms with Crippen LogP contribution in [-0.4, -0.2) is 30.6 Å². The number of aromatic amines is 1. The first-order valence-corrected chi connectivity index (χ1v) is 13.2. The van der Waals surface area contributed by atoms with Crippen LogP contribution in [0.5, 0.6) is 0 Å². The maximum atomic E-state index is 13.4. The maximum Gasteiger partial charge on any atom is 0.330 e. The van der Waals surface area contributed by atoms with E-state index >= 15 is 0 Å². The third-order valence-electron chi connectivity index (χ3n) is 6.31. The Bertz CT molecular complexity index is 1490. The van der Waals surface area contributed by atoms with Gasteiger partial charge in [0.1, 0.15) is 16.2 Å². The number of hydrogen-bond donors (Lipinski definition) is 2. The largest absolute Gasteiger partial charge is 0.384 e. The van der Waals surface area contributed by atoms with Crippen molar-refractivity contribution in [1.82, 2.24) is 19.1 Å². The van der Waals surface area contributed by atoms with Gasteiger partial charge < -0.3 is 5.73 Å². The molecule has 11 heteroatoms. The summed E-state index contributed by atoms with van der Waals surface area (Å²) < 4.78 is 2.82. The predicted octanol–water partition coefficient (Wildman–Crippen LogP) is 2.66. The Morgan fingerprint density at radius 1 is 1.24 bits per heavy atom. The van der Waals surface area contributed by atoms with Gasteiger partial charge in [-0.3, -0.25) is 28.5 Å². The average molecular weight is 500 g/mol. The lowest BCUT2D eigenvalue weighted by molar-refractivity contribution is 0.102. The number of fused-ring (bicyclic) bond motifs is 3. The van der Waals surface area contributed by atoms with Crippen molar-refractivity contribution in [2.45, 2.75) is 62.7 Å². The third-order valence-corrected chi connectivity index (χ3v) is 8.47. The number of nitrogen functional groups attached to an aromatic ring is 1. The van der Waals surface area contributed by atoms with E-state index in [1.54, 1.807) is 17.4 Å². The Morgan fingerprint density at radius 3 is 2.74 bits per heavy atom. The molecule has 2 aliphatic carbocycles. The summed E-state index contributed by atoms with van der Waals surface area (Å²) >= 11 is 2.64. The molecule has 0 aromatic carbocycles. The van der Waals surface area contributed by atoms with Gasteiger partial charge in [-0.15, -0.1) is 17.9 Å². The molecule has 3 N–H and O–H groups in total. The zero-order valence-electron chi connectivity index (χ0n) is 18.6. The number of aryl methyl sites for hydroxylation is 2. The molecule has 0 unspecified atom stereocenters. The minimum absolute atomic E-state index is 0.0838. The van der Waals surface area contributed by atoms with Gasteiger partial charge in [0.25, 0.3) is 11.1 Å². The molecule has 0 bridgehead atoms. The van der Waals surface area contributed by atoms with Crippen molar-refractivity contribution in [2.24, 2.45) is 0 Å². The number of ketones is 1. The molecule has 0 spiro atoms. The first kappa shape index (κ1) is 22.9. The van der Waals surface area contributed by atoms with Crippen molar-refractivity contribution in [3.05, 3.63) is 59.9 Å². The summed E-state index contributed by atoms with van der Waals surface area (Å²) in [6.45, 7) is 4.02. The lowest BCUT2D eigenvalue weighted by Crippen LogP contribution is -2.36. The quantitative estimate of drug-likeness (QED) is 0.168. The summed E-state index contributed by atoms with van der Waals surface area (Å²) in [6.07, 6.45) is 8.34. The number of nitrogens with zero attached hydrogens (tertiary/aromatic N) is 3. The van der Waals surface area contributed by atoms with E-state index in [9.17, 15) is 19.2 Å². The van der Waals surface area contributed by atoms with Crippen molar-refractivity contribution < 1.29 is 4.79 Å². The molecule has 9 nitrogen and oxygen atoms in total. The number of allylic oxidation sites excluding steroid dienone is 1. The monoisotopic (exact) mass is 499 g/mol. The van der Waals surface area contributed by atoms with Crippen LogP contribution in [-0.2, 0) is 19.4 Å². The van der Waals surface area contributed by atoms with Gasteiger partial charge >= 0.3 is 5.69 Å². The second-order valence-corrected chi connectivity index (χ2v) is 10.7. The van der Waals surface area contributed by atoms with Gasteiger partial charge in [0.15, 0.2) is 10.9 Å². The zero-order chi connectivity index (χ0) is 24.0. The number of nitrogens with two attached hydrogens (primary N) is 1. The number of H-pyrrole nitrogens is 1. The number of nitrogens with one attached hydrogen (secondary N) is 1. The summed E-state index contributed by atoms with van der Waals surface area (Å²) in [6, 6.07) is -0.0838. The van der Waals surface area contributed by atoms with Crippen LogP contribution in [0.25, 0.3) is 10.2 Å². The predicted molar refractivity (Wildman–Crippen MR) is 134 cm³/mol. The van der Waals surface area contributed by atoms with E-state index in [0.29, 0.717) is 15.4 Å². The first-order chi connectivity index (χ1) is 16.4. The Balaban J connectivity index is 1.50. The molecule has 3 heterocycles. The number of hydrogen-bond acceptors (Lipinski definition) is 8. The first-order valence-electron chi connectivity index (χ1n) is 11.4. The average Bonchev–Trinajstić information content (AvgIpc) is 3.59. The Hall–Kier alpha value is -2.92. The normalized spacial score (nSPS) is 15.8. The van der Waals surface area contributed by atoms with Crippen LogP contribution in [0.4, 0.5) is 5.82 Å². The van der Waals surface area contributed by atoms with Crippen LogP contribution < -0.4 is 22.5 Å². The number of thioether (sulfide) groups is 1. The third kappa shape index (κ3) is 3.96. The molecule has 3 aromatic rings. The van der Waals surface area contributed by atoms with Crippen LogP contribution in [0.2, 0.25) is 0 Å². The maximum absolute atomic E-state index is 13.4. The second-order valence-electron chi connectivity index (χ2n) is 8.68. The lowest BCUT2D eigenvalue weighted by Gasteiger charge is -2.12. The van der Waals surface area contributed by atoms with Crippen LogP contribution in [0.1, 0.15) is 58.9 Å². The summed E-state index contributed by atoms with van der Waals surface area (Å²) in [5.74, 6) is -0.758. The van der Waals surface area contributed by atoms with Crippen molar-refractivity contribution in [2.75, 3.05) is 11.5 Å². The van der Waals surface area contributed by atoms with E-state index < -0.39 is 17.0 Å². The molecule has 0 saturated heterocycles. The molecule has 0 aliphatic heterocycles. The number of thiophene rings is 1. The minimum Gasteiger partial charge on any atom is -0.384 e. The number of rotatable bonds is 7. The second kappa shape index (κ2) is 9.03. The number of carbonyl (C=O) groups is 1. The van der Waals surface area contributed by atoms with Crippen molar-refractivity contribution in [1.29, 1.82) is 0 Å². The molecule has 178 valence electrons. The SMILES string of the molecule is C=CCn1c(SCC(=O)c2c(N)n(C3CC3)c(=O)[nH]c2=O)nc2sc3c(c2c1=O)CCCCC3. The molecule has 1 saturated carbocycles. The van der Waals surface area contributed by atoms with E-state index in [1.165, 1.54) is 14.0 Å². The smallest absolute Gasteiger partial charge is 0.330 e. The zero-order valence-corrected chi connectivity index (χ0v) is 20.2. The Kier molecular flexibility index (Phi) is 6.07.